The molecule has 15 rings (SSSR count). The SMILES string of the molecule is CC[C@@H]1C[C@@]1(NC(=O)[C@@H](CC(=O)N1CCOCC1)CC1CCCCC1)C(N)=O.CN(C)C[C@@H]1C[C@@]1(NC(=O)[C@@H](CC(=O)N1CCOCC1)CC1CCCCC1)C(N)=O.CN(C)C[C@@H]1C[C@]1(C#N)NC(=O)[C@@H](CC(=O)N1CCOCC1)CC1CCCCC1.NC(=O)[C@]1(NC(=O)[C@@H](CC(=O)N2CCOCC2)CC2CCCCC2)C[C@H]1C=O.NC(=O)[C@]1(NC(=O)[C@@H](CC(=O)N2CCOCC2)CC2CCCCC2)C[C@H]1CO. The molecule has 143 heavy (non-hydrogen) atoms. The smallest absolute Gasteiger partial charge is 0.243 e. The summed E-state index contributed by atoms with van der Waals surface area (Å²) in [5, 5.41) is 33.6. The average Bonchev–Trinajstić information content (AvgIpc) is 1.58. The molecular formula is C105H173N17O21. The third-order valence-corrected chi connectivity index (χ3v) is 33.7. The first kappa shape index (κ1) is 115. The minimum atomic E-state index is -1.27. The second-order valence-corrected chi connectivity index (χ2v) is 44.7. The number of primary amides is 4. The predicted octanol–water partition coefficient (Wildman–Crippen LogP) is 4.67. The second-order valence-electron chi connectivity index (χ2n) is 44.7. The molecule has 0 bridgehead atoms. The van der Waals surface area contributed by atoms with E-state index in [0.29, 0.717) is 225 Å². The summed E-state index contributed by atoms with van der Waals surface area (Å²) < 4.78 is 26.6. The summed E-state index contributed by atoms with van der Waals surface area (Å²) in [5.41, 5.74) is 17.2. The van der Waals surface area contributed by atoms with E-state index < -0.39 is 80.9 Å². The molecule has 5 saturated heterocycles. The van der Waals surface area contributed by atoms with Crippen molar-refractivity contribution in [1.29, 1.82) is 5.26 Å². The quantitative estimate of drug-likeness (QED) is 0.0372. The Bertz CT molecular complexity index is 4150. The van der Waals surface area contributed by atoms with Crippen LogP contribution in [0.4, 0.5) is 0 Å². The van der Waals surface area contributed by atoms with E-state index in [0.717, 1.165) is 109 Å². The van der Waals surface area contributed by atoms with E-state index in [-0.39, 0.29) is 134 Å². The zero-order valence-electron chi connectivity index (χ0n) is 86.5. The van der Waals surface area contributed by atoms with Crippen molar-refractivity contribution < 1.29 is 101 Å². The summed E-state index contributed by atoms with van der Waals surface area (Å²) in [6.45, 7) is 14.4. The number of amides is 14. The van der Waals surface area contributed by atoms with Crippen LogP contribution in [0.2, 0.25) is 0 Å². The molecule has 0 aromatic heterocycles. The van der Waals surface area contributed by atoms with Crippen molar-refractivity contribution in [3.63, 3.8) is 0 Å². The van der Waals surface area contributed by atoms with Crippen molar-refractivity contribution in [3.05, 3.63) is 0 Å². The normalized spacial score (nSPS) is 28.8. The van der Waals surface area contributed by atoms with E-state index in [9.17, 15) is 82.3 Å². The lowest BCUT2D eigenvalue weighted by Crippen LogP contribution is -2.52. The number of hydrogen-bond donors (Lipinski definition) is 10. The fourth-order valence-electron chi connectivity index (χ4n) is 24.1. The Morgan fingerprint density at radius 2 is 0.573 bits per heavy atom. The largest absolute Gasteiger partial charge is 0.396 e. The molecule has 5 heterocycles. The highest BCUT2D eigenvalue weighted by Crippen LogP contribution is 2.50. The number of carbonyl (C=O) groups excluding carboxylic acids is 15. The van der Waals surface area contributed by atoms with Gasteiger partial charge in [0.1, 0.15) is 34.0 Å². The molecule has 5 aliphatic heterocycles. The molecule has 804 valence electrons. The standard InChI is InChI=1S/C22H38N4O4.C22H36N4O3.C21H35N3O4.C20H33N3O5.C20H31N3O5/c1-25(2)15-18-14-22(18,21(23)29)24-20(28)17(12-16-6-4-3-5-7-16)13-19(27)26-8-10-30-11-9-26;1-25(2)15-19-14-22(19,16-23)24-21(28)18(12-17-6-4-3-5-7-17)13-20(27)26-8-10-29-11-9-26;1-2-17-14-21(17,20(22)27)23-19(26)16(12-15-6-4-3-5-7-15)13-18(25)24-8-10-28-11-9-24;2*21-19(27)20(12-16(20)13-24)22-18(26)15(10-14-4-2-1-3-5-14)11-17(25)23-6-8-28-9-7-23/h16-18H,3-15H2,1-2H3,(H2,23,29)(H,24,28);17-19H,3-15H2,1-2H3,(H,24,28);15-17H,2-14H2,1H3,(H2,22,27)(H,23,26);14-16,24H,1-13H2,(H2,21,27)(H,22,26);13-16H,1-12H2,(H2,21,27)(H,22,26)/t17-,18+,22+;18-,19+,22-;16-,17-,21+;2*15-,16+,20+/m11111/s1. The molecule has 14 N–H and O–H groups in total. The van der Waals surface area contributed by atoms with Crippen LogP contribution in [0.5, 0.6) is 0 Å². The van der Waals surface area contributed by atoms with E-state index in [2.05, 4.69) is 37.6 Å². The van der Waals surface area contributed by atoms with E-state index in [4.69, 9.17) is 46.6 Å². The van der Waals surface area contributed by atoms with Crippen molar-refractivity contribution >= 4 is 89.0 Å². The van der Waals surface area contributed by atoms with E-state index >= 15 is 0 Å². The number of nitrogens with zero attached hydrogens (tertiary/aromatic N) is 8. The lowest BCUT2D eigenvalue weighted by atomic mass is 9.81. The average molecular weight is 2010 g/mol. The number of aldehydes is 1. The van der Waals surface area contributed by atoms with Crippen molar-refractivity contribution in [2.24, 2.45) is 112 Å². The van der Waals surface area contributed by atoms with Gasteiger partial charge in [-0.15, -0.1) is 0 Å². The highest BCUT2D eigenvalue weighted by Gasteiger charge is 2.64. The molecule has 15 atom stereocenters. The zero-order chi connectivity index (χ0) is 103. The first-order chi connectivity index (χ1) is 68.6. The minimum Gasteiger partial charge on any atom is -0.396 e. The second kappa shape index (κ2) is 55.4. The van der Waals surface area contributed by atoms with Gasteiger partial charge in [-0.05, 0) is 128 Å². The molecular weight excluding hydrogens is 1840 g/mol. The van der Waals surface area contributed by atoms with Gasteiger partial charge in [0.2, 0.25) is 82.7 Å². The van der Waals surface area contributed by atoms with Gasteiger partial charge in [0.15, 0.2) is 0 Å². The van der Waals surface area contributed by atoms with E-state index in [1.807, 2.05) is 44.9 Å². The van der Waals surface area contributed by atoms with Gasteiger partial charge >= 0.3 is 0 Å². The predicted molar refractivity (Wildman–Crippen MR) is 531 cm³/mol. The molecule has 0 aromatic carbocycles. The molecule has 14 amide bonds. The van der Waals surface area contributed by atoms with E-state index in [1.165, 1.54) is 70.6 Å². The Morgan fingerprint density at radius 3 is 0.790 bits per heavy atom. The number of aliphatic hydroxyl groups excluding tert-OH is 1. The van der Waals surface area contributed by atoms with Crippen molar-refractivity contribution in [2.75, 3.05) is 179 Å². The number of ether oxygens (including phenoxy) is 5. The van der Waals surface area contributed by atoms with Crippen LogP contribution in [-0.4, -0.2) is 335 Å². The van der Waals surface area contributed by atoms with Crippen molar-refractivity contribution in [1.82, 2.24) is 60.9 Å². The number of hydrogen-bond acceptors (Lipinski definition) is 24. The van der Waals surface area contributed by atoms with Gasteiger partial charge in [-0.25, -0.2) is 0 Å². The third kappa shape index (κ3) is 33.5. The number of carbonyl (C=O) groups is 15. The lowest BCUT2D eigenvalue weighted by molar-refractivity contribution is -0.140. The van der Waals surface area contributed by atoms with Gasteiger partial charge in [-0.3, -0.25) is 67.1 Å². The molecule has 0 unspecified atom stereocenters. The van der Waals surface area contributed by atoms with Crippen LogP contribution in [0, 0.1) is 100 Å². The molecule has 38 nitrogen and oxygen atoms in total. The zero-order valence-corrected chi connectivity index (χ0v) is 86.5. The van der Waals surface area contributed by atoms with Gasteiger partial charge in [0.25, 0.3) is 0 Å². The monoisotopic (exact) mass is 2010 g/mol. The summed E-state index contributed by atoms with van der Waals surface area (Å²) >= 11 is 0. The topological polar surface area (TPSA) is 533 Å². The number of rotatable bonds is 41. The Kier molecular flexibility index (Phi) is 44.5. The summed E-state index contributed by atoms with van der Waals surface area (Å²) in [6, 6.07) is 2.34. The van der Waals surface area contributed by atoms with Gasteiger partial charge in [0, 0.05) is 171 Å². The number of nitrogens with two attached hydrogens (primary N) is 4. The molecule has 10 aliphatic carbocycles. The van der Waals surface area contributed by atoms with Gasteiger partial charge in [-0.2, -0.15) is 5.26 Å². The summed E-state index contributed by atoms with van der Waals surface area (Å²) in [6.07, 6.45) is 37.3. The first-order valence-electron chi connectivity index (χ1n) is 54.5. The Morgan fingerprint density at radius 1 is 0.343 bits per heavy atom. The summed E-state index contributed by atoms with van der Waals surface area (Å²) in [4.78, 5) is 202. The Hall–Kier alpha value is -8.58. The number of nitriles is 1. The van der Waals surface area contributed by atoms with E-state index in [1.54, 1.807) is 19.6 Å². The van der Waals surface area contributed by atoms with Crippen LogP contribution in [0.1, 0.15) is 270 Å². The molecule has 0 spiro atoms. The van der Waals surface area contributed by atoms with Gasteiger partial charge in [-0.1, -0.05) is 174 Å². The number of morpholine rings is 5. The minimum absolute atomic E-state index is 0.00280. The molecule has 0 radical (unpaired) electrons. The van der Waals surface area contributed by atoms with Crippen LogP contribution in [0.15, 0.2) is 0 Å². The molecule has 38 heteroatoms. The Balaban J connectivity index is 0.000000171. The maximum Gasteiger partial charge on any atom is 0.243 e. The maximum atomic E-state index is 13.3. The first-order valence-corrected chi connectivity index (χ1v) is 54.5. The van der Waals surface area contributed by atoms with Crippen LogP contribution in [0.3, 0.4) is 0 Å². The number of aliphatic hydroxyl groups is 1. The highest BCUT2D eigenvalue weighted by molar-refractivity contribution is 6.00. The number of nitrogens with one attached hydrogen (secondary N) is 5. The van der Waals surface area contributed by atoms with Gasteiger partial charge < -0.3 is 117 Å². The van der Waals surface area contributed by atoms with Crippen molar-refractivity contribution in [3.8, 4) is 6.07 Å². The van der Waals surface area contributed by atoms with Crippen LogP contribution in [-0.2, 0) is 95.6 Å². The molecule has 0 aromatic rings. The fourth-order valence-corrected chi connectivity index (χ4v) is 24.1. The van der Waals surface area contributed by atoms with Gasteiger partial charge in [0.05, 0.1) is 72.1 Å². The summed E-state index contributed by atoms with van der Waals surface area (Å²) in [5.74, 6) is -3.85. The van der Waals surface area contributed by atoms with Crippen LogP contribution >= 0.6 is 0 Å². The van der Waals surface area contributed by atoms with Crippen molar-refractivity contribution in [2.45, 2.75) is 298 Å². The lowest BCUT2D eigenvalue weighted by Gasteiger charge is -2.31. The molecule has 15 aliphatic rings. The fraction of sp³-hybridized carbons (Fsp3) is 0.848. The third-order valence-electron chi connectivity index (χ3n) is 33.7. The molecule has 10 saturated carbocycles. The van der Waals surface area contributed by atoms with Crippen LogP contribution in [0.25, 0.3) is 0 Å². The van der Waals surface area contributed by atoms with Crippen LogP contribution < -0.4 is 49.5 Å². The molecule has 15 fully saturated rings. The maximum absolute atomic E-state index is 13.3. The highest BCUT2D eigenvalue weighted by atomic mass is 16.5. The summed E-state index contributed by atoms with van der Waals surface area (Å²) in [7, 11) is 7.85. The Labute approximate surface area is 846 Å².